The Kier molecular flexibility index (Phi) is 6.94. The maximum atomic E-state index is 13.1. The van der Waals surface area contributed by atoms with Crippen LogP contribution in [0.1, 0.15) is 59.8 Å². The molecule has 3 aliphatic carbocycles. The van der Waals surface area contributed by atoms with E-state index in [2.05, 4.69) is 27.4 Å². The van der Waals surface area contributed by atoms with Crippen LogP contribution in [0, 0.1) is 34.0 Å². The number of Topliss-reactive ketones (excluding diaryl/α,β-unsaturated/α-hetero) is 1. The second-order valence-corrected chi connectivity index (χ2v) is 9.72. The second kappa shape index (κ2) is 8.10. The Morgan fingerprint density at radius 3 is 2.54 bits per heavy atom. The van der Waals surface area contributed by atoms with E-state index in [0.717, 1.165) is 19.3 Å². The number of hydrogen-bond donors (Lipinski definition) is 2. The molecule has 0 aliphatic heterocycles. The van der Waals surface area contributed by atoms with Gasteiger partial charge in [0, 0.05) is 23.2 Å². The van der Waals surface area contributed by atoms with Crippen LogP contribution in [0.3, 0.4) is 0 Å². The molecule has 2 N–H and O–H groups in total. The normalized spacial score (nSPS) is 47.9. The molecule has 28 heavy (non-hydrogen) atoms. The van der Waals surface area contributed by atoms with Crippen molar-refractivity contribution in [3.05, 3.63) is 12.7 Å². The average Bonchev–Trinajstić information content (AvgIpc) is 3.00. The van der Waals surface area contributed by atoms with Gasteiger partial charge in [-0.1, -0.05) is 33.8 Å². The molecule has 3 saturated carbocycles. The number of rotatable bonds is 3. The van der Waals surface area contributed by atoms with Gasteiger partial charge in [0.2, 0.25) is 0 Å². The number of aliphatic hydroxyl groups excluding tert-OH is 2. The summed E-state index contributed by atoms with van der Waals surface area (Å²) in [6.07, 6.45) is 4.10. The first-order valence-electron chi connectivity index (χ1n) is 10.2. The molecule has 0 saturated heterocycles. The number of ketones is 1. The van der Waals surface area contributed by atoms with E-state index >= 15 is 0 Å². The van der Waals surface area contributed by atoms with Crippen LogP contribution in [0.25, 0.3) is 0 Å². The van der Waals surface area contributed by atoms with Gasteiger partial charge in [-0.05, 0) is 42.9 Å². The first kappa shape index (κ1) is 24.0. The minimum absolute atomic E-state index is 0. The Labute approximate surface area is 188 Å². The number of carbonyl (C=O) groups excluding carboxylic acids is 2. The molecule has 5 nitrogen and oxygen atoms in total. The Bertz CT molecular complexity index is 651. The Balaban J connectivity index is 0.00000280. The summed E-state index contributed by atoms with van der Waals surface area (Å²) in [5.41, 5.74) is -1.43. The molecule has 0 aromatic carbocycles. The summed E-state index contributed by atoms with van der Waals surface area (Å²) in [7, 11) is 0. The number of hydrogen-bond acceptors (Lipinski definition) is 5. The SMILES string of the molecule is C=C[C@]1(C)C[C@@H](OC(=O)CO)[C@]2(C)[C@H](C)CC[C@]3(CCC(=O)[C@@H]32)[C@@H](C)[C@@H]1O.[PbH2]. The molecule has 2 bridgehead atoms. The van der Waals surface area contributed by atoms with Crippen LogP contribution in [0.2, 0.25) is 0 Å². The molecule has 8 atom stereocenters. The van der Waals surface area contributed by atoms with Crippen LogP contribution in [0.15, 0.2) is 12.7 Å². The van der Waals surface area contributed by atoms with Crippen LogP contribution in [0.5, 0.6) is 0 Å². The predicted octanol–water partition coefficient (Wildman–Crippen LogP) is 1.97. The molecule has 3 fully saturated rings. The van der Waals surface area contributed by atoms with Gasteiger partial charge in [0.25, 0.3) is 0 Å². The van der Waals surface area contributed by atoms with Gasteiger partial charge in [-0.15, -0.1) is 6.58 Å². The van der Waals surface area contributed by atoms with Crippen molar-refractivity contribution < 1.29 is 24.5 Å². The van der Waals surface area contributed by atoms with Crippen molar-refractivity contribution in [3.63, 3.8) is 0 Å². The summed E-state index contributed by atoms with van der Waals surface area (Å²) in [4.78, 5) is 25.2. The molecule has 0 aromatic heterocycles. The van der Waals surface area contributed by atoms with Crippen molar-refractivity contribution in [2.75, 3.05) is 6.61 Å². The van der Waals surface area contributed by atoms with Crippen molar-refractivity contribution in [3.8, 4) is 0 Å². The summed E-state index contributed by atoms with van der Waals surface area (Å²) in [5, 5.41) is 20.6. The van der Waals surface area contributed by atoms with E-state index in [0.29, 0.717) is 12.8 Å². The third kappa shape index (κ3) is 3.23. The molecule has 6 heteroatoms. The summed E-state index contributed by atoms with van der Waals surface area (Å²) < 4.78 is 5.77. The maximum absolute atomic E-state index is 13.1. The Morgan fingerprint density at radius 1 is 1.32 bits per heavy atom. The molecule has 0 heterocycles. The zero-order valence-electron chi connectivity index (χ0n) is 17.7. The Morgan fingerprint density at radius 2 is 1.96 bits per heavy atom. The van der Waals surface area contributed by atoms with Crippen LogP contribution < -0.4 is 0 Å². The first-order chi connectivity index (χ1) is 12.6. The zero-order chi connectivity index (χ0) is 20.2. The quantitative estimate of drug-likeness (QED) is 0.300. The van der Waals surface area contributed by atoms with Gasteiger partial charge >= 0.3 is 33.3 Å². The van der Waals surface area contributed by atoms with E-state index in [1.165, 1.54) is 0 Å². The van der Waals surface area contributed by atoms with Crippen LogP contribution in [-0.2, 0) is 14.3 Å². The third-order valence-corrected chi connectivity index (χ3v) is 8.70. The third-order valence-electron chi connectivity index (χ3n) is 8.70. The van der Waals surface area contributed by atoms with Crippen molar-refractivity contribution in [1.82, 2.24) is 0 Å². The van der Waals surface area contributed by atoms with Gasteiger partial charge < -0.3 is 14.9 Å². The summed E-state index contributed by atoms with van der Waals surface area (Å²) in [6, 6.07) is 0. The molecule has 0 aromatic rings. The number of carbonyl (C=O) groups is 2. The first-order valence-corrected chi connectivity index (χ1v) is 10.2. The average molecular weight is 588 g/mol. The second-order valence-electron chi connectivity index (χ2n) is 9.72. The number of ether oxygens (including phenoxy) is 1. The molecule has 0 amide bonds. The Hall–Kier alpha value is -0.278. The topological polar surface area (TPSA) is 83.8 Å². The fourth-order valence-corrected chi connectivity index (χ4v) is 6.70. The van der Waals surface area contributed by atoms with E-state index in [1.54, 1.807) is 6.08 Å². The van der Waals surface area contributed by atoms with Crippen LogP contribution in [0.4, 0.5) is 0 Å². The number of aliphatic hydroxyl groups is 2. The summed E-state index contributed by atoms with van der Waals surface area (Å²) in [5.74, 6) is -0.520. The fraction of sp³-hybridized carbons (Fsp3) is 0.818. The van der Waals surface area contributed by atoms with Crippen LogP contribution >= 0.6 is 0 Å². The molecule has 0 unspecified atom stereocenters. The molecule has 2 radical (unpaired) electrons. The standard InChI is InChI=1S/C22H34O5.Pb.2H/c1-6-20(4)11-16(27-17(25)12-23)21(5)13(2)7-9-22(14(3)19(20)26)10-8-15(24)18(21)22;;;/h6,13-14,16,18-19,23,26H,1,7-12H2,2-5H3;;;/t13-,14+,16-,18-,19+,20-,21+,22+;;;/m1.../s1. The van der Waals surface area contributed by atoms with Gasteiger partial charge in [-0.3, -0.25) is 4.79 Å². The van der Waals surface area contributed by atoms with Crippen molar-refractivity contribution in [2.45, 2.75) is 72.0 Å². The molecule has 0 spiro atoms. The summed E-state index contributed by atoms with van der Waals surface area (Å²) >= 11 is 0. The molecule has 3 rings (SSSR count). The van der Waals surface area contributed by atoms with Gasteiger partial charge in [-0.25, -0.2) is 4.79 Å². The predicted molar refractivity (Wildman–Crippen MR) is 110 cm³/mol. The van der Waals surface area contributed by atoms with Crippen molar-refractivity contribution >= 4 is 39.1 Å². The zero-order valence-corrected chi connectivity index (χ0v) is 23.2. The molecule has 158 valence electrons. The van der Waals surface area contributed by atoms with Gasteiger partial charge in [0.15, 0.2) is 0 Å². The van der Waals surface area contributed by atoms with Gasteiger partial charge in [-0.2, -0.15) is 0 Å². The van der Waals surface area contributed by atoms with E-state index < -0.39 is 35.6 Å². The summed E-state index contributed by atoms with van der Waals surface area (Å²) in [6.45, 7) is 11.5. The van der Waals surface area contributed by atoms with E-state index in [1.807, 2.05) is 6.92 Å². The van der Waals surface area contributed by atoms with E-state index in [9.17, 15) is 19.8 Å². The van der Waals surface area contributed by atoms with E-state index in [-0.39, 0.29) is 56.3 Å². The van der Waals surface area contributed by atoms with Gasteiger partial charge in [0.1, 0.15) is 18.5 Å². The van der Waals surface area contributed by atoms with Crippen molar-refractivity contribution in [1.29, 1.82) is 0 Å². The molecular weight excluding hydrogens is 551 g/mol. The van der Waals surface area contributed by atoms with Crippen LogP contribution in [-0.4, -0.2) is 68.1 Å². The fourth-order valence-electron chi connectivity index (χ4n) is 6.70. The van der Waals surface area contributed by atoms with Gasteiger partial charge in [0.05, 0.1) is 6.10 Å². The van der Waals surface area contributed by atoms with E-state index in [4.69, 9.17) is 4.74 Å². The number of esters is 1. The monoisotopic (exact) mass is 588 g/mol. The molecule has 3 aliphatic rings. The van der Waals surface area contributed by atoms with Crippen molar-refractivity contribution in [2.24, 2.45) is 34.0 Å². The minimum atomic E-state index is -0.686. The molecular formula is C22H36O5Pb.